The lowest BCUT2D eigenvalue weighted by Gasteiger charge is -2.35. The van der Waals surface area contributed by atoms with E-state index in [9.17, 15) is 14.7 Å². The number of carboxylic acids is 1. The summed E-state index contributed by atoms with van der Waals surface area (Å²) in [6.07, 6.45) is 3.14. The fourth-order valence-electron chi connectivity index (χ4n) is 4.02. The molecular formula is C29H33N3O5. The fraction of sp³-hybridized carbons (Fsp3) is 0.345. The molecule has 194 valence electrons. The maximum Gasteiger partial charge on any atom is 0.326 e. The van der Waals surface area contributed by atoms with Gasteiger partial charge in [0.2, 0.25) is 5.88 Å². The van der Waals surface area contributed by atoms with E-state index < -0.39 is 11.4 Å². The van der Waals surface area contributed by atoms with E-state index in [0.717, 1.165) is 35.2 Å². The number of ether oxygens (including phenoxy) is 2. The topological polar surface area (TPSA) is 101 Å². The van der Waals surface area contributed by atoms with Gasteiger partial charge in [0.25, 0.3) is 0 Å². The number of aliphatic carboxylic acids is 1. The molecule has 4 rings (SSSR count). The summed E-state index contributed by atoms with van der Waals surface area (Å²) in [5.74, 6) is 0.0625. The summed E-state index contributed by atoms with van der Waals surface area (Å²) < 4.78 is 11.8. The fourth-order valence-corrected chi connectivity index (χ4v) is 4.02. The van der Waals surface area contributed by atoms with E-state index in [4.69, 9.17) is 9.47 Å². The molecule has 0 saturated heterocycles. The number of anilines is 2. The van der Waals surface area contributed by atoms with E-state index >= 15 is 0 Å². The number of nitrogens with zero attached hydrogens (tertiary/aromatic N) is 2. The highest BCUT2D eigenvalue weighted by Crippen LogP contribution is 2.38. The zero-order valence-electron chi connectivity index (χ0n) is 21.7. The number of amides is 2. The number of fused-ring (bicyclic) bond motifs is 1. The van der Waals surface area contributed by atoms with Gasteiger partial charge >= 0.3 is 12.0 Å². The summed E-state index contributed by atoms with van der Waals surface area (Å²) in [5, 5.41) is 12.3. The zero-order valence-corrected chi connectivity index (χ0v) is 21.7. The quantitative estimate of drug-likeness (QED) is 0.390. The standard InChI is InChI=1S/C29H33N3O5/c1-5-19-9-7-8-10-23(19)31-28(35)32-17-22(6-2)37-25-15-20(11-13-24(25)32)21-12-14-26(30-16-21)36-18-29(3,4)27(33)34/h7-16,22H,5-6,17-18H2,1-4H3,(H,31,35)(H,33,34). The Balaban J connectivity index is 1.54. The minimum atomic E-state index is -1.01. The van der Waals surface area contributed by atoms with Crippen molar-refractivity contribution >= 4 is 23.4 Å². The molecule has 3 aromatic rings. The van der Waals surface area contributed by atoms with E-state index in [-0.39, 0.29) is 18.7 Å². The third-order valence-corrected chi connectivity index (χ3v) is 6.50. The molecule has 0 fully saturated rings. The molecule has 1 aliphatic heterocycles. The van der Waals surface area contributed by atoms with Crippen LogP contribution in [0.4, 0.5) is 16.2 Å². The van der Waals surface area contributed by atoms with Crippen molar-refractivity contribution in [2.24, 2.45) is 5.41 Å². The zero-order chi connectivity index (χ0) is 26.6. The van der Waals surface area contributed by atoms with E-state index in [1.165, 1.54) is 0 Å². The van der Waals surface area contributed by atoms with Crippen LogP contribution >= 0.6 is 0 Å². The van der Waals surface area contributed by atoms with Gasteiger partial charge in [-0.05, 0) is 62.1 Å². The molecule has 2 aromatic carbocycles. The van der Waals surface area contributed by atoms with Gasteiger partial charge in [-0.1, -0.05) is 38.1 Å². The van der Waals surface area contributed by atoms with Gasteiger partial charge in [-0.25, -0.2) is 9.78 Å². The molecule has 8 heteroatoms. The van der Waals surface area contributed by atoms with Gasteiger partial charge in [0, 0.05) is 23.5 Å². The van der Waals surface area contributed by atoms with Crippen LogP contribution in [0.25, 0.3) is 11.1 Å². The summed E-state index contributed by atoms with van der Waals surface area (Å²) in [6, 6.07) is 17.0. The van der Waals surface area contributed by atoms with Gasteiger partial charge in [-0.2, -0.15) is 0 Å². The number of urea groups is 1. The minimum absolute atomic E-state index is 0.0143. The van der Waals surface area contributed by atoms with Crippen molar-refractivity contribution in [2.75, 3.05) is 23.4 Å². The van der Waals surface area contributed by atoms with E-state index in [0.29, 0.717) is 23.9 Å². The second-order valence-corrected chi connectivity index (χ2v) is 9.74. The van der Waals surface area contributed by atoms with Crippen LogP contribution in [-0.2, 0) is 11.2 Å². The molecule has 1 unspecified atom stereocenters. The third-order valence-electron chi connectivity index (χ3n) is 6.50. The van der Waals surface area contributed by atoms with E-state index in [2.05, 4.69) is 17.2 Å². The molecule has 0 spiro atoms. The monoisotopic (exact) mass is 503 g/mol. The van der Waals surface area contributed by atoms with E-state index in [1.807, 2.05) is 55.5 Å². The van der Waals surface area contributed by atoms with Crippen molar-refractivity contribution in [2.45, 2.75) is 46.6 Å². The predicted molar refractivity (Wildman–Crippen MR) is 143 cm³/mol. The van der Waals surface area contributed by atoms with Crippen LogP contribution in [0.2, 0.25) is 0 Å². The van der Waals surface area contributed by atoms with Gasteiger partial charge in [-0.15, -0.1) is 0 Å². The molecule has 8 nitrogen and oxygen atoms in total. The van der Waals surface area contributed by atoms with Gasteiger partial charge < -0.3 is 19.9 Å². The Labute approximate surface area is 217 Å². The van der Waals surface area contributed by atoms with Crippen LogP contribution in [-0.4, -0.2) is 41.3 Å². The first-order valence-electron chi connectivity index (χ1n) is 12.5. The Morgan fingerprint density at radius 3 is 2.57 bits per heavy atom. The molecule has 2 heterocycles. The number of pyridine rings is 1. The lowest BCUT2D eigenvalue weighted by molar-refractivity contribution is -0.148. The lowest BCUT2D eigenvalue weighted by atomic mass is 9.95. The third kappa shape index (κ3) is 5.85. The molecule has 0 aliphatic carbocycles. The molecule has 2 N–H and O–H groups in total. The maximum absolute atomic E-state index is 13.3. The Kier molecular flexibility index (Phi) is 7.66. The lowest BCUT2D eigenvalue weighted by Crippen LogP contribution is -2.45. The van der Waals surface area contributed by atoms with Crippen molar-refractivity contribution in [3.8, 4) is 22.8 Å². The summed E-state index contributed by atoms with van der Waals surface area (Å²) >= 11 is 0. The Bertz CT molecular complexity index is 1270. The number of aryl methyl sites for hydroxylation is 1. The highest BCUT2D eigenvalue weighted by molar-refractivity contribution is 6.03. The van der Waals surface area contributed by atoms with Gasteiger partial charge in [0.05, 0.1) is 17.6 Å². The first-order valence-corrected chi connectivity index (χ1v) is 12.5. The van der Waals surface area contributed by atoms with Gasteiger partial charge in [0.15, 0.2) is 0 Å². The first kappa shape index (κ1) is 26.0. The molecule has 0 radical (unpaired) electrons. The average molecular weight is 504 g/mol. The number of carbonyl (C=O) groups is 2. The number of hydrogen-bond acceptors (Lipinski definition) is 5. The molecule has 1 aromatic heterocycles. The summed E-state index contributed by atoms with van der Waals surface area (Å²) in [5.41, 5.74) is 3.33. The molecule has 37 heavy (non-hydrogen) atoms. The maximum atomic E-state index is 13.3. The number of aromatic nitrogens is 1. The van der Waals surface area contributed by atoms with Gasteiger partial charge in [-0.3, -0.25) is 9.69 Å². The second-order valence-electron chi connectivity index (χ2n) is 9.74. The van der Waals surface area contributed by atoms with Crippen LogP contribution in [0, 0.1) is 5.41 Å². The number of rotatable bonds is 8. The van der Waals surface area contributed by atoms with Crippen molar-refractivity contribution in [3.05, 3.63) is 66.4 Å². The Hall–Kier alpha value is -4.07. The number of para-hydroxylation sites is 1. The smallest absolute Gasteiger partial charge is 0.326 e. The number of hydrogen-bond donors (Lipinski definition) is 2. The van der Waals surface area contributed by atoms with Crippen LogP contribution in [0.5, 0.6) is 11.6 Å². The van der Waals surface area contributed by atoms with Crippen molar-refractivity contribution < 1.29 is 24.2 Å². The Morgan fingerprint density at radius 2 is 1.89 bits per heavy atom. The Morgan fingerprint density at radius 1 is 1.14 bits per heavy atom. The van der Waals surface area contributed by atoms with E-state index in [1.54, 1.807) is 31.0 Å². The highest BCUT2D eigenvalue weighted by Gasteiger charge is 2.30. The van der Waals surface area contributed by atoms with Crippen LogP contribution < -0.4 is 19.7 Å². The molecule has 2 amide bonds. The van der Waals surface area contributed by atoms with Crippen molar-refractivity contribution in [1.82, 2.24) is 4.98 Å². The normalized spacial score (nSPS) is 14.9. The second kappa shape index (κ2) is 10.9. The number of carboxylic acid groups (broad SMARTS) is 1. The number of benzene rings is 2. The molecule has 1 aliphatic rings. The number of carbonyl (C=O) groups excluding carboxylic acids is 1. The molecule has 0 saturated carbocycles. The van der Waals surface area contributed by atoms with Crippen LogP contribution in [0.3, 0.4) is 0 Å². The molecule has 1 atom stereocenters. The predicted octanol–water partition coefficient (Wildman–Crippen LogP) is 6.01. The SMILES string of the molecule is CCc1ccccc1NC(=O)N1CC(CC)Oc2cc(-c3ccc(OCC(C)(C)C(=O)O)nc3)ccc21. The summed E-state index contributed by atoms with van der Waals surface area (Å²) in [6.45, 7) is 7.78. The summed E-state index contributed by atoms with van der Waals surface area (Å²) in [7, 11) is 0. The number of nitrogens with one attached hydrogen (secondary N) is 1. The van der Waals surface area contributed by atoms with Crippen molar-refractivity contribution in [1.29, 1.82) is 0 Å². The van der Waals surface area contributed by atoms with Gasteiger partial charge in [0.1, 0.15) is 18.5 Å². The van der Waals surface area contributed by atoms with Crippen LogP contribution in [0.15, 0.2) is 60.8 Å². The molecular weight excluding hydrogens is 470 g/mol. The van der Waals surface area contributed by atoms with Crippen LogP contribution in [0.1, 0.15) is 39.7 Å². The molecule has 0 bridgehead atoms. The minimum Gasteiger partial charge on any atom is -0.486 e. The summed E-state index contributed by atoms with van der Waals surface area (Å²) in [4.78, 5) is 30.7. The average Bonchev–Trinajstić information content (AvgIpc) is 2.91. The largest absolute Gasteiger partial charge is 0.486 e. The van der Waals surface area contributed by atoms with Crippen molar-refractivity contribution in [3.63, 3.8) is 0 Å². The first-order chi connectivity index (χ1) is 17.7. The highest BCUT2D eigenvalue weighted by atomic mass is 16.5.